The zero-order chi connectivity index (χ0) is 14.5. The summed E-state index contributed by atoms with van der Waals surface area (Å²) >= 11 is 6.15. The molecule has 0 spiro atoms. The van der Waals surface area contributed by atoms with Crippen LogP contribution >= 0.6 is 11.6 Å². The van der Waals surface area contributed by atoms with Crippen molar-refractivity contribution in [2.45, 2.75) is 32.9 Å². The molecule has 20 heavy (non-hydrogen) atoms. The van der Waals surface area contributed by atoms with E-state index in [-0.39, 0.29) is 0 Å². The first-order valence-corrected chi connectivity index (χ1v) is 7.73. The molecule has 1 aliphatic rings. The highest BCUT2D eigenvalue weighted by Gasteiger charge is 2.24. The van der Waals surface area contributed by atoms with Gasteiger partial charge in [-0.3, -0.25) is 0 Å². The smallest absolute Gasteiger partial charge is 0.0508 e. The highest BCUT2D eigenvalue weighted by Crippen LogP contribution is 2.29. The molecule has 1 saturated heterocycles. The van der Waals surface area contributed by atoms with Crippen molar-refractivity contribution in [1.82, 2.24) is 5.32 Å². The molecule has 112 valence electrons. The maximum absolute atomic E-state index is 6.15. The topological polar surface area (TPSA) is 24.5 Å². The van der Waals surface area contributed by atoms with Crippen molar-refractivity contribution in [3.05, 3.63) is 28.8 Å². The fraction of sp³-hybridized carbons (Fsp3) is 0.625. The van der Waals surface area contributed by atoms with Crippen LogP contribution in [0.2, 0.25) is 5.02 Å². The van der Waals surface area contributed by atoms with Gasteiger partial charge >= 0.3 is 0 Å². The predicted molar refractivity (Wildman–Crippen MR) is 85.6 cm³/mol. The monoisotopic (exact) mass is 296 g/mol. The van der Waals surface area contributed by atoms with Gasteiger partial charge in [-0.05, 0) is 30.2 Å². The standard InChI is InChI=1S/C16H25ClN2O/c1-12(2)18-9-14-8-15(17)4-5-16(14)19-7-6-13(10-19)11-20-3/h4-5,8,12-13,18H,6-7,9-11H2,1-3H3. The van der Waals surface area contributed by atoms with Gasteiger partial charge in [-0.2, -0.15) is 0 Å². The molecule has 1 aromatic carbocycles. The van der Waals surface area contributed by atoms with E-state index in [2.05, 4.69) is 36.2 Å². The Labute approximate surface area is 127 Å². The van der Waals surface area contributed by atoms with Crippen LogP contribution in [0, 0.1) is 5.92 Å². The lowest BCUT2D eigenvalue weighted by Gasteiger charge is -2.23. The molecule has 1 fully saturated rings. The molecule has 0 saturated carbocycles. The van der Waals surface area contributed by atoms with Crippen molar-refractivity contribution in [1.29, 1.82) is 0 Å². The van der Waals surface area contributed by atoms with Crippen LogP contribution in [0.15, 0.2) is 18.2 Å². The fourth-order valence-corrected chi connectivity index (χ4v) is 2.94. The van der Waals surface area contributed by atoms with Gasteiger partial charge in [0.05, 0.1) is 6.61 Å². The second kappa shape index (κ2) is 7.30. The number of rotatable bonds is 6. The quantitative estimate of drug-likeness (QED) is 0.871. The van der Waals surface area contributed by atoms with Gasteiger partial charge in [0.25, 0.3) is 0 Å². The van der Waals surface area contributed by atoms with Crippen LogP contribution in [0.5, 0.6) is 0 Å². The lowest BCUT2D eigenvalue weighted by molar-refractivity contribution is 0.161. The first-order valence-electron chi connectivity index (χ1n) is 7.36. The van der Waals surface area contributed by atoms with Crippen LogP contribution in [0.3, 0.4) is 0 Å². The molecule has 3 nitrogen and oxygen atoms in total. The third-order valence-corrected chi connectivity index (χ3v) is 4.01. The van der Waals surface area contributed by atoms with Crippen molar-refractivity contribution >= 4 is 17.3 Å². The van der Waals surface area contributed by atoms with E-state index < -0.39 is 0 Å². The summed E-state index contributed by atoms with van der Waals surface area (Å²) < 4.78 is 5.28. The molecular formula is C16H25ClN2O. The molecule has 0 amide bonds. The Balaban J connectivity index is 2.10. The zero-order valence-corrected chi connectivity index (χ0v) is 13.4. The molecule has 1 aromatic rings. The van der Waals surface area contributed by atoms with Crippen LogP contribution < -0.4 is 10.2 Å². The SMILES string of the molecule is COCC1CCN(c2ccc(Cl)cc2CNC(C)C)C1. The number of benzene rings is 1. The van der Waals surface area contributed by atoms with Gasteiger partial charge in [0.15, 0.2) is 0 Å². The molecule has 0 aromatic heterocycles. The van der Waals surface area contributed by atoms with Crippen LogP contribution in [-0.2, 0) is 11.3 Å². The molecule has 1 aliphatic heterocycles. The summed E-state index contributed by atoms with van der Waals surface area (Å²) in [5.74, 6) is 0.640. The van der Waals surface area contributed by atoms with Gasteiger partial charge in [0.1, 0.15) is 0 Å². The van der Waals surface area contributed by atoms with Gasteiger partial charge in [-0.15, -0.1) is 0 Å². The van der Waals surface area contributed by atoms with Gasteiger partial charge < -0.3 is 15.0 Å². The minimum absolute atomic E-state index is 0.474. The normalized spacial score (nSPS) is 19.1. The van der Waals surface area contributed by atoms with E-state index in [1.807, 2.05) is 6.07 Å². The van der Waals surface area contributed by atoms with Crippen molar-refractivity contribution in [2.75, 3.05) is 31.7 Å². The molecule has 1 unspecified atom stereocenters. The number of halogens is 1. The Morgan fingerprint density at radius 1 is 1.45 bits per heavy atom. The lowest BCUT2D eigenvalue weighted by Crippen LogP contribution is -2.26. The Morgan fingerprint density at radius 2 is 2.25 bits per heavy atom. The van der Waals surface area contributed by atoms with Gasteiger partial charge in [-0.25, -0.2) is 0 Å². The Bertz CT molecular complexity index is 436. The van der Waals surface area contributed by atoms with E-state index in [1.165, 1.54) is 17.7 Å². The third-order valence-electron chi connectivity index (χ3n) is 3.77. The molecule has 1 atom stereocenters. The highest BCUT2D eigenvalue weighted by molar-refractivity contribution is 6.30. The Morgan fingerprint density at radius 3 is 2.95 bits per heavy atom. The van der Waals surface area contributed by atoms with Gasteiger partial charge in [-0.1, -0.05) is 25.4 Å². The average molecular weight is 297 g/mol. The number of hydrogen-bond acceptors (Lipinski definition) is 3. The molecule has 4 heteroatoms. The van der Waals surface area contributed by atoms with Crippen molar-refractivity contribution < 1.29 is 4.74 Å². The summed E-state index contributed by atoms with van der Waals surface area (Å²) in [4.78, 5) is 2.46. The summed E-state index contributed by atoms with van der Waals surface area (Å²) in [6.07, 6.45) is 1.20. The summed E-state index contributed by atoms with van der Waals surface area (Å²) in [5.41, 5.74) is 2.59. The van der Waals surface area contributed by atoms with E-state index in [1.54, 1.807) is 7.11 Å². The van der Waals surface area contributed by atoms with Crippen LogP contribution in [0.25, 0.3) is 0 Å². The predicted octanol–water partition coefficient (Wildman–Crippen LogP) is 3.31. The molecule has 0 bridgehead atoms. The maximum atomic E-state index is 6.15. The third kappa shape index (κ3) is 4.11. The molecule has 1 heterocycles. The largest absolute Gasteiger partial charge is 0.384 e. The number of nitrogens with one attached hydrogen (secondary N) is 1. The number of anilines is 1. The van der Waals surface area contributed by atoms with E-state index in [9.17, 15) is 0 Å². The van der Waals surface area contributed by atoms with E-state index in [4.69, 9.17) is 16.3 Å². The summed E-state index contributed by atoms with van der Waals surface area (Å²) in [6, 6.07) is 6.69. The first kappa shape index (κ1) is 15.6. The molecule has 1 N–H and O–H groups in total. The van der Waals surface area contributed by atoms with E-state index in [0.29, 0.717) is 12.0 Å². The molecule has 0 aliphatic carbocycles. The molecule has 0 radical (unpaired) electrons. The summed E-state index contributed by atoms with van der Waals surface area (Å²) in [5, 5.41) is 4.29. The number of methoxy groups -OCH3 is 1. The van der Waals surface area contributed by atoms with Crippen LogP contribution in [0.4, 0.5) is 5.69 Å². The highest BCUT2D eigenvalue weighted by atomic mass is 35.5. The minimum Gasteiger partial charge on any atom is -0.384 e. The van der Waals surface area contributed by atoms with Crippen molar-refractivity contribution in [3.8, 4) is 0 Å². The van der Waals surface area contributed by atoms with E-state index >= 15 is 0 Å². The molecule has 2 rings (SSSR count). The minimum atomic E-state index is 0.474. The second-order valence-electron chi connectivity index (χ2n) is 5.86. The lowest BCUT2D eigenvalue weighted by atomic mass is 10.1. The van der Waals surface area contributed by atoms with Gasteiger partial charge in [0, 0.05) is 49.4 Å². The maximum Gasteiger partial charge on any atom is 0.0508 e. The molecular weight excluding hydrogens is 272 g/mol. The summed E-state index contributed by atoms with van der Waals surface area (Å²) in [6.45, 7) is 8.21. The van der Waals surface area contributed by atoms with Crippen LogP contribution in [-0.4, -0.2) is 32.8 Å². The van der Waals surface area contributed by atoms with E-state index in [0.717, 1.165) is 31.3 Å². The second-order valence-corrected chi connectivity index (χ2v) is 6.30. The van der Waals surface area contributed by atoms with Crippen LogP contribution in [0.1, 0.15) is 25.8 Å². The number of nitrogens with zero attached hydrogens (tertiary/aromatic N) is 1. The van der Waals surface area contributed by atoms with Crippen molar-refractivity contribution in [3.63, 3.8) is 0 Å². The van der Waals surface area contributed by atoms with Crippen molar-refractivity contribution in [2.24, 2.45) is 5.92 Å². The Kier molecular flexibility index (Phi) is 5.70. The number of hydrogen-bond donors (Lipinski definition) is 1. The van der Waals surface area contributed by atoms with Gasteiger partial charge in [0.2, 0.25) is 0 Å². The fourth-order valence-electron chi connectivity index (χ4n) is 2.74. The first-order chi connectivity index (χ1) is 9.60. The summed E-state index contributed by atoms with van der Waals surface area (Å²) in [7, 11) is 1.78. The Hall–Kier alpha value is -0.770. The zero-order valence-electron chi connectivity index (χ0n) is 12.7. The average Bonchev–Trinajstić information content (AvgIpc) is 2.85. The number of ether oxygens (including phenoxy) is 1.